The molecule has 0 bridgehead atoms. The van der Waals surface area contributed by atoms with E-state index in [0.29, 0.717) is 25.8 Å². The normalized spacial score (nSPS) is 19.1. The summed E-state index contributed by atoms with van der Waals surface area (Å²) >= 11 is 0. The van der Waals surface area contributed by atoms with E-state index < -0.39 is 43.8 Å². The zero-order chi connectivity index (χ0) is 25.1. The summed E-state index contributed by atoms with van der Waals surface area (Å²) in [5.74, 6) is -1.63. The molecule has 1 aromatic carbocycles. The van der Waals surface area contributed by atoms with E-state index in [0.717, 1.165) is 18.4 Å². The van der Waals surface area contributed by atoms with E-state index >= 15 is 0 Å². The van der Waals surface area contributed by atoms with Crippen LogP contribution in [0.1, 0.15) is 51.5 Å². The van der Waals surface area contributed by atoms with Crippen molar-refractivity contribution >= 4 is 25.6 Å². The molecule has 1 aromatic rings. The number of likely N-dealkylation sites (tertiary alicyclic amines) is 1. The highest BCUT2D eigenvalue weighted by Crippen LogP contribution is 2.49. The highest BCUT2D eigenvalue weighted by atomic mass is 31.2. The van der Waals surface area contributed by atoms with Gasteiger partial charge in [0.05, 0.1) is 6.16 Å². The van der Waals surface area contributed by atoms with Crippen LogP contribution in [-0.4, -0.2) is 66.0 Å². The number of nitrogens with one attached hydrogen (secondary N) is 1. The van der Waals surface area contributed by atoms with Gasteiger partial charge >= 0.3 is 19.7 Å². The number of unbranched alkanes of at least 4 members (excludes halogenated alkanes) is 1. The third-order valence-corrected chi connectivity index (χ3v) is 7.73. The first-order valence-corrected chi connectivity index (χ1v) is 13.3. The lowest BCUT2D eigenvalue weighted by Crippen LogP contribution is -2.45. The van der Waals surface area contributed by atoms with Gasteiger partial charge in [0.1, 0.15) is 18.8 Å². The monoisotopic (exact) mass is 498 g/mol. The summed E-state index contributed by atoms with van der Waals surface area (Å²) in [5.41, 5.74) is 0.836. The molecular weight excluding hydrogens is 463 g/mol. The lowest BCUT2D eigenvalue weighted by molar-refractivity contribution is -0.151. The topological polar surface area (TPSA) is 131 Å². The van der Waals surface area contributed by atoms with Crippen molar-refractivity contribution < 1.29 is 37.8 Å². The van der Waals surface area contributed by atoms with E-state index in [9.17, 15) is 24.1 Å². The highest BCUT2D eigenvalue weighted by Gasteiger charge is 2.39. The quantitative estimate of drug-likeness (QED) is 0.393. The second-order valence-electron chi connectivity index (χ2n) is 8.30. The van der Waals surface area contributed by atoms with Gasteiger partial charge in [-0.3, -0.25) is 13.9 Å². The molecule has 1 fully saturated rings. The molecule has 190 valence electrons. The first-order chi connectivity index (χ1) is 16.2. The number of carbonyl (C=O) groups is 3. The van der Waals surface area contributed by atoms with Gasteiger partial charge in [-0.1, -0.05) is 50.1 Å². The molecule has 0 radical (unpaired) electrons. The lowest BCUT2D eigenvalue weighted by Gasteiger charge is -2.28. The number of aliphatic carboxylic acids is 1. The molecule has 2 rings (SSSR count). The van der Waals surface area contributed by atoms with Gasteiger partial charge in [-0.2, -0.15) is 0 Å². The largest absolute Gasteiger partial charge is 0.480 e. The maximum Gasteiger partial charge on any atom is 0.407 e. The van der Waals surface area contributed by atoms with Crippen molar-refractivity contribution in [2.24, 2.45) is 0 Å². The number of carboxylic acid groups (broad SMARTS) is 1. The van der Waals surface area contributed by atoms with Crippen LogP contribution in [0.2, 0.25) is 0 Å². The minimum absolute atomic E-state index is 0.0950. The van der Waals surface area contributed by atoms with Crippen LogP contribution in [0.25, 0.3) is 0 Å². The van der Waals surface area contributed by atoms with Crippen molar-refractivity contribution in [3.63, 3.8) is 0 Å². The number of hydrogen-bond acceptors (Lipinski definition) is 7. The molecule has 10 nitrogen and oxygen atoms in total. The molecule has 0 spiro atoms. The zero-order valence-corrected chi connectivity index (χ0v) is 20.9. The van der Waals surface area contributed by atoms with Gasteiger partial charge in [-0.15, -0.1) is 0 Å². The maximum atomic E-state index is 13.3. The van der Waals surface area contributed by atoms with Crippen molar-refractivity contribution in [3.05, 3.63) is 35.9 Å². The van der Waals surface area contributed by atoms with Crippen molar-refractivity contribution in [3.8, 4) is 0 Å². The fourth-order valence-electron chi connectivity index (χ4n) is 3.83. The van der Waals surface area contributed by atoms with E-state index in [1.807, 2.05) is 37.3 Å². The van der Waals surface area contributed by atoms with Crippen LogP contribution in [-0.2, 0) is 34.5 Å². The standard InChI is InChI=1S/C23H35N2O8P/c1-4-5-12-19(24-23(29)32-15-18-10-7-6-8-11-18)16-34(30,31-3)33-17(2)21(26)25-14-9-13-20(25)22(27)28/h6-8,10-11,17,19-20H,4-5,9,12-16H2,1-3H3,(H,24,29)(H,27,28)/t17-,19-,20-,34?/m0/s1. The van der Waals surface area contributed by atoms with E-state index in [1.165, 1.54) is 18.9 Å². The van der Waals surface area contributed by atoms with Crippen LogP contribution in [0, 0.1) is 0 Å². The molecular formula is C23H35N2O8P. The predicted molar refractivity (Wildman–Crippen MR) is 125 cm³/mol. The summed E-state index contributed by atoms with van der Waals surface area (Å²) in [6.45, 7) is 3.81. The Morgan fingerprint density at radius 1 is 1.26 bits per heavy atom. The molecule has 11 heteroatoms. The van der Waals surface area contributed by atoms with Gasteiger partial charge in [0.15, 0.2) is 0 Å². The fourth-order valence-corrected chi connectivity index (χ4v) is 5.54. The molecule has 2 amide bonds. The molecule has 0 saturated carbocycles. The average Bonchev–Trinajstić information content (AvgIpc) is 3.31. The smallest absolute Gasteiger partial charge is 0.407 e. The number of alkyl carbamates (subject to hydrolysis) is 1. The molecule has 34 heavy (non-hydrogen) atoms. The van der Waals surface area contributed by atoms with Gasteiger partial charge in [0.25, 0.3) is 5.91 Å². The number of carbonyl (C=O) groups excluding carboxylic acids is 2. The summed E-state index contributed by atoms with van der Waals surface area (Å²) in [4.78, 5) is 37.8. The molecule has 1 unspecified atom stereocenters. The molecule has 0 aromatic heterocycles. The van der Waals surface area contributed by atoms with Gasteiger partial charge in [0, 0.05) is 19.7 Å². The van der Waals surface area contributed by atoms with E-state index in [-0.39, 0.29) is 12.8 Å². The Bertz CT molecular complexity index is 866. The number of hydrogen-bond donors (Lipinski definition) is 2. The Balaban J connectivity index is 1.99. The fraction of sp³-hybridized carbons (Fsp3) is 0.609. The minimum Gasteiger partial charge on any atom is -0.480 e. The number of amides is 2. The van der Waals surface area contributed by atoms with Crippen LogP contribution in [0.5, 0.6) is 0 Å². The molecule has 0 aliphatic carbocycles. The average molecular weight is 499 g/mol. The van der Waals surface area contributed by atoms with Crippen molar-refractivity contribution in [2.45, 2.75) is 70.7 Å². The number of nitrogens with zero attached hydrogens (tertiary/aromatic N) is 1. The molecule has 1 aliphatic heterocycles. The van der Waals surface area contributed by atoms with Crippen molar-refractivity contribution in [1.29, 1.82) is 0 Å². The van der Waals surface area contributed by atoms with E-state index in [1.54, 1.807) is 0 Å². The Morgan fingerprint density at radius 3 is 2.59 bits per heavy atom. The third-order valence-electron chi connectivity index (χ3n) is 5.65. The Hall–Kier alpha value is -2.42. The summed E-state index contributed by atoms with van der Waals surface area (Å²) in [6, 6.07) is 7.75. The van der Waals surface area contributed by atoms with Gasteiger partial charge in [0.2, 0.25) is 0 Å². The van der Waals surface area contributed by atoms with Gasteiger partial charge < -0.3 is 24.6 Å². The second kappa shape index (κ2) is 13.5. The number of benzene rings is 1. The minimum atomic E-state index is -3.79. The Morgan fingerprint density at radius 2 is 1.97 bits per heavy atom. The Kier molecular flexibility index (Phi) is 11.0. The van der Waals surface area contributed by atoms with Crippen LogP contribution in [0.4, 0.5) is 4.79 Å². The number of carboxylic acids is 1. The van der Waals surface area contributed by atoms with Crippen LogP contribution >= 0.6 is 7.60 Å². The molecule has 1 saturated heterocycles. The molecule has 2 N–H and O–H groups in total. The summed E-state index contributed by atoms with van der Waals surface area (Å²) in [5, 5.41) is 12.1. The number of rotatable bonds is 13. The molecule has 1 aliphatic rings. The van der Waals surface area contributed by atoms with Crippen LogP contribution < -0.4 is 5.32 Å². The van der Waals surface area contributed by atoms with Crippen LogP contribution in [0.3, 0.4) is 0 Å². The zero-order valence-electron chi connectivity index (χ0n) is 20.0. The summed E-state index contributed by atoms with van der Waals surface area (Å²) in [7, 11) is -2.57. The summed E-state index contributed by atoms with van der Waals surface area (Å²) in [6.07, 6.45) is 1.11. The number of ether oxygens (including phenoxy) is 1. The predicted octanol–water partition coefficient (Wildman–Crippen LogP) is 3.79. The Labute approximate surface area is 200 Å². The first kappa shape index (κ1) is 27.8. The maximum absolute atomic E-state index is 13.3. The van der Waals surface area contributed by atoms with E-state index in [2.05, 4.69) is 5.32 Å². The molecule has 1 heterocycles. The van der Waals surface area contributed by atoms with Gasteiger partial charge in [-0.25, -0.2) is 9.59 Å². The SMILES string of the molecule is CCCC[C@@H](CP(=O)(OC)O[C@@H](C)C(=O)N1CCC[C@H]1C(=O)O)NC(=O)OCc1ccccc1. The third kappa shape index (κ3) is 8.42. The van der Waals surface area contributed by atoms with Crippen molar-refractivity contribution in [1.82, 2.24) is 10.2 Å². The highest BCUT2D eigenvalue weighted by molar-refractivity contribution is 7.53. The van der Waals surface area contributed by atoms with Crippen LogP contribution in [0.15, 0.2) is 30.3 Å². The van der Waals surface area contributed by atoms with Crippen molar-refractivity contribution in [2.75, 3.05) is 19.8 Å². The summed E-state index contributed by atoms with van der Waals surface area (Å²) < 4.78 is 29.3. The molecule has 4 atom stereocenters. The van der Waals surface area contributed by atoms with E-state index in [4.69, 9.17) is 13.8 Å². The first-order valence-electron chi connectivity index (χ1n) is 11.5. The second-order valence-corrected chi connectivity index (χ2v) is 10.5. The lowest BCUT2D eigenvalue weighted by atomic mass is 10.1. The van der Waals surface area contributed by atoms with Gasteiger partial charge in [-0.05, 0) is 31.7 Å².